The van der Waals surface area contributed by atoms with Crippen LogP contribution < -0.4 is 5.32 Å². The molecule has 126 valence electrons. The molecule has 0 fully saturated rings. The Kier molecular flexibility index (Phi) is 3.56. The maximum absolute atomic E-state index is 14.3. The van der Waals surface area contributed by atoms with Crippen LogP contribution in [0.1, 0.15) is 27.4 Å². The van der Waals surface area contributed by atoms with Crippen LogP contribution in [0.5, 0.6) is 0 Å². The summed E-state index contributed by atoms with van der Waals surface area (Å²) in [6.45, 7) is 1.85. The Morgan fingerprint density at radius 3 is 2.92 bits per heavy atom. The lowest BCUT2D eigenvalue weighted by atomic mass is 9.92. The highest BCUT2D eigenvalue weighted by Crippen LogP contribution is 2.35. The van der Waals surface area contributed by atoms with E-state index in [-0.39, 0.29) is 11.7 Å². The molecule has 1 N–H and O–H groups in total. The van der Waals surface area contributed by atoms with Gasteiger partial charge in [0.15, 0.2) is 5.69 Å². The fourth-order valence-corrected chi connectivity index (χ4v) is 3.25. The maximum atomic E-state index is 14.3. The van der Waals surface area contributed by atoms with Crippen molar-refractivity contribution in [1.82, 2.24) is 19.7 Å². The number of carbonyl (C=O) groups is 1. The van der Waals surface area contributed by atoms with E-state index < -0.39 is 0 Å². The molecule has 0 unspecified atom stereocenters. The minimum Gasteiger partial charge on any atom is -0.305 e. The van der Waals surface area contributed by atoms with E-state index >= 15 is 0 Å². The number of aryl methyl sites for hydroxylation is 3. The van der Waals surface area contributed by atoms with Gasteiger partial charge >= 0.3 is 0 Å². The van der Waals surface area contributed by atoms with Gasteiger partial charge in [-0.2, -0.15) is 5.10 Å². The van der Waals surface area contributed by atoms with Crippen molar-refractivity contribution in [1.29, 1.82) is 0 Å². The van der Waals surface area contributed by atoms with E-state index in [4.69, 9.17) is 0 Å². The highest BCUT2D eigenvalue weighted by atomic mass is 19.1. The van der Waals surface area contributed by atoms with Gasteiger partial charge in [-0.1, -0.05) is 6.07 Å². The first-order chi connectivity index (χ1) is 12.0. The molecule has 6 nitrogen and oxygen atoms in total. The second-order valence-electron chi connectivity index (χ2n) is 6.03. The first-order valence-corrected chi connectivity index (χ1v) is 7.99. The zero-order valence-electron chi connectivity index (χ0n) is 13.9. The number of amides is 1. The molecule has 0 aromatic carbocycles. The number of anilines is 1. The molecule has 0 saturated carbocycles. The summed E-state index contributed by atoms with van der Waals surface area (Å²) in [5, 5.41) is 7.10. The molecule has 25 heavy (non-hydrogen) atoms. The Hall–Kier alpha value is -3.09. The van der Waals surface area contributed by atoms with Crippen LogP contribution in [-0.4, -0.2) is 25.7 Å². The zero-order valence-corrected chi connectivity index (χ0v) is 13.9. The molecule has 7 heteroatoms. The molecule has 0 atom stereocenters. The number of hydrogen-bond donors (Lipinski definition) is 1. The average molecular weight is 337 g/mol. The molecule has 3 aromatic rings. The lowest BCUT2D eigenvalue weighted by Gasteiger charge is -2.17. The van der Waals surface area contributed by atoms with Gasteiger partial charge in [-0.25, -0.2) is 9.37 Å². The second-order valence-corrected chi connectivity index (χ2v) is 6.03. The number of fused-ring (bicyclic) bond motifs is 3. The van der Waals surface area contributed by atoms with Gasteiger partial charge in [0.05, 0.1) is 17.0 Å². The third-order valence-corrected chi connectivity index (χ3v) is 4.32. The minimum atomic E-state index is -0.346. The summed E-state index contributed by atoms with van der Waals surface area (Å²) in [4.78, 5) is 21.2. The fourth-order valence-electron chi connectivity index (χ4n) is 3.25. The maximum Gasteiger partial charge on any atom is 0.277 e. The van der Waals surface area contributed by atoms with Gasteiger partial charge in [0.1, 0.15) is 11.6 Å². The topological polar surface area (TPSA) is 72.7 Å². The van der Waals surface area contributed by atoms with E-state index in [0.29, 0.717) is 41.3 Å². The Labute approximate surface area is 143 Å². The molecular weight excluding hydrogens is 321 g/mol. The predicted octanol–water partition coefficient (Wildman–Crippen LogP) is 2.68. The monoisotopic (exact) mass is 337 g/mol. The molecule has 4 rings (SSSR count). The van der Waals surface area contributed by atoms with Crippen molar-refractivity contribution in [2.24, 2.45) is 7.05 Å². The smallest absolute Gasteiger partial charge is 0.277 e. The van der Waals surface area contributed by atoms with Crippen molar-refractivity contribution in [2.75, 3.05) is 5.32 Å². The van der Waals surface area contributed by atoms with Gasteiger partial charge in [-0.15, -0.1) is 0 Å². The number of hydrogen-bond acceptors (Lipinski definition) is 4. The number of carbonyl (C=O) groups excluding carboxylic acids is 1. The van der Waals surface area contributed by atoms with Gasteiger partial charge in [-0.3, -0.25) is 14.5 Å². The number of rotatable bonds is 2. The van der Waals surface area contributed by atoms with Crippen LogP contribution in [0.3, 0.4) is 0 Å². The summed E-state index contributed by atoms with van der Waals surface area (Å²) in [6.07, 6.45) is 2.64. The van der Waals surface area contributed by atoms with Gasteiger partial charge in [-0.05, 0) is 38.0 Å². The molecule has 0 bridgehead atoms. The number of nitrogens with one attached hydrogen (secondary N) is 1. The Bertz CT molecular complexity index is 995. The van der Waals surface area contributed by atoms with Crippen molar-refractivity contribution in [3.05, 3.63) is 58.9 Å². The normalized spacial score (nSPS) is 12.4. The highest BCUT2D eigenvalue weighted by Gasteiger charge is 2.30. The summed E-state index contributed by atoms with van der Waals surface area (Å²) in [5.41, 5.74) is 3.60. The van der Waals surface area contributed by atoms with Gasteiger partial charge in [0.2, 0.25) is 0 Å². The van der Waals surface area contributed by atoms with Crippen molar-refractivity contribution >= 4 is 11.7 Å². The summed E-state index contributed by atoms with van der Waals surface area (Å²) < 4.78 is 15.9. The molecule has 1 aliphatic carbocycles. The van der Waals surface area contributed by atoms with Crippen LogP contribution in [0.2, 0.25) is 0 Å². The quantitative estimate of drug-likeness (QED) is 0.780. The lowest BCUT2D eigenvalue weighted by molar-refractivity contribution is 0.102. The van der Waals surface area contributed by atoms with Gasteiger partial charge in [0, 0.05) is 24.5 Å². The van der Waals surface area contributed by atoms with Crippen molar-refractivity contribution in [3.8, 4) is 11.3 Å². The zero-order chi connectivity index (χ0) is 17.6. The van der Waals surface area contributed by atoms with E-state index in [9.17, 15) is 9.18 Å². The van der Waals surface area contributed by atoms with Crippen molar-refractivity contribution in [2.45, 2.75) is 19.8 Å². The molecule has 0 radical (unpaired) electrons. The van der Waals surface area contributed by atoms with Crippen LogP contribution in [0, 0.1) is 12.7 Å². The summed E-state index contributed by atoms with van der Waals surface area (Å²) in [7, 11) is 1.71. The van der Waals surface area contributed by atoms with Crippen LogP contribution >= 0.6 is 0 Å². The molecular formula is C18H16FN5O. The first-order valence-electron chi connectivity index (χ1n) is 7.99. The van der Waals surface area contributed by atoms with Crippen LogP contribution in [0.15, 0.2) is 30.5 Å². The molecule has 1 amide bonds. The Balaban J connectivity index is 1.75. The predicted molar refractivity (Wildman–Crippen MR) is 90.7 cm³/mol. The summed E-state index contributed by atoms with van der Waals surface area (Å²) in [6, 6.07) is 6.73. The Morgan fingerprint density at radius 1 is 1.28 bits per heavy atom. The largest absolute Gasteiger partial charge is 0.305 e. The molecule has 0 saturated heterocycles. The number of aromatic nitrogens is 4. The average Bonchev–Trinajstić information content (AvgIpc) is 2.92. The third-order valence-electron chi connectivity index (χ3n) is 4.32. The molecule has 0 aliphatic heterocycles. The SMILES string of the molecule is Cc1cccc(NC(=O)c2nn(C)c3c2CCc2nccc(F)c2-3)n1. The first kappa shape index (κ1) is 15.4. The lowest BCUT2D eigenvalue weighted by Crippen LogP contribution is -2.17. The molecule has 3 aromatic heterocycles. The van der Waals surface area contributed by atoms with Gasteiger partial charge < -0.3 is 5.32 Å². The molecule has 3 heterocycles. The van der Waals surface area contributed by atoms with Crippen LogP contribution in [0.25, 0.3) is 11.3 Å². The number of nitrogens with zero attached hydrogens (tertiary/aromatic N) is 4. The van der Waals surface area contributed by atoms with E-state index in [0.717, 1.165) is 11.3 Å². The van der Waals surface area contributed by atoms with E-state index in [2.05, 4.69) is 20.4 Å². The highest BCUT2D eigenvalue weighted by molar-refractivity contribution is 6.04. The van der Waals surface area contributed by atoms with Crippen LogP contribution in [-0.2, 0) is 19.9 Å². The van der Waals surface area contributed by atoms with E-state index in [1.807, 2.05) is 19.1 Å². The number of halogens is 1. The second kappa shape index (κ2) is 5.77. The number of pyridine rings is 2. The van der Waals surface area contributed by atoms with Gasteiger partial charge in [0.25, 0.3) is 5.91 Å². The van der Waals surface area contributed by atoms with E-state index in [1.54, 1.807) is 17.8 Å². The Morgan fingerprint density at radius 2 is 2.12 bits per heavy atom. The van der Waals surface area contributed by atoms with Crippen molar-refractivity contribution < 1.29 is 9.18 Å². The summed E-state index contributed by atoms with van der Waals surface area (Å²) >= 11 is 0. The molecule has 1 aliphatic rings. The van der Waals surface area contributed by atoms with Crippen LogP contribution in [0.4, 0.5) is 10.2 Å². The van der Waals surface area contributed by atoms with Crippen molar-refractivity contribution in [3.63, 3.8) is 0 Å². The molecule has 0 spiro atoms. The third kappa shape index (κ3) is 2.57. The fraction of sp³-hybridized carbons (Fsp3) is 0.222. The minimum absolute atomic E-state index is 0.301. The van der Waals surface area contributed by atoms with E-state index in [1.165, 1.54) is 12.3 Å². The summed E-state index contributed by atoms with van der Waals surface area (Å²) in [5.74, 6) is -0.225. The standard InChI is InChI=1S/C18H16FN5O/c1-10-4-3-5-14(21-10)22-18(25)16-11-6-7-13-15(12(19)8-9-20-13)17(11)24(2)23-16/h3-5,8-9H,6-7H2,1-2H3,(H,21,22,25).